The van der Waals surface area contributed by atoms with E-state index in [4.69, 9.17) is 23.8 Å². The number of benzene rings is 8. The van der Waals surface area contributed by atoms with Gasteiger partial charge in [0.05, 0.1) is 0 Å². The van der Waals surface area contributed by atoms with Crippen molar-refractivity contribution >= 4 is 65.4 Å². The van der Waals surface area contributed by atoms with Crippen molar-refractivity contribution in [1.82, 2.24) is 15.0 Å². The number of hydrogen-bond acceptors (Lipinski definition) is 5. The molecule has 3 heterocycles. The summed E-state index contributed by atoms with van der Waals surface area (Å²) in [6.07, 6.45) is 0. The Balaban J connectivity index is 1.21. The first kappa shape index (κ1) is 28.7. The molecule has 0 radical (unpaired) electrons. The predicted octanol–water partition coefficient (Wildman–Crippen LogP) is 12.6. The molecule has 0 N–H and O–H groups in total. The first-order valence-corrected chi connectivity index (χ1v) is 17.3. The average molecular weight is 666 g/mol. The van der Waals surface area contributed by atoms with E-state index in [2.05, 4.69) is 103 Å². The fraction of sp³-hybridized carbons (Fsp3) is 0. The maximum atomic E-state index is 6.71. The monoisotopic (exact) mass is 665 g/mol. The van der Waals surface area contributed by atoms with Gasteiger partial charge in [0.25, 0.3) is 0 Å². The van der Waals surface area contributed by atoms with Crippen molar-refractivity contribution in [3.05, 3.63) is 164 Å². The van der Waals surface area contributed by atoms with Gasteiger partial charge in [0.2, 0.25) is 0 Å². The van der Waals surface area contributed by atoms with Crippen LogP contribution in [0.2, 0.25) is 0 Å². The van der Waals surface area contributed by atoms with Gasteiger partial charge in [-0.1, -0.05) is 121 Å². The van der Waals surface area contributed by atoms with Crippen molar-refractivity contribution in [1.29, 1.82) is 0 Å². The number of fused-ring (bicyclic) bond motifs is 8. The van der Waals surface area contributed by atoms with Crippen LogP contribution < -0.4 is 0 Å². The van der Waals surface area contributed by atoms with Gasteiger partial charge in [0.15, 0.2) is 17.5 Å². The van der Waals surface area contributed by atoms with Crippen molar-refractivity contribution in [3.8, 4) is 45.3 Å². The number of aromatic nitrogens is 3. The second-order valence-electron chi connectivity index (χ2n) is 13.2. The van der Waals surface area contributed by atoms with Gasteiger partial charge in [0, 0.05) is 38.2 Å². The quantitative estimate of drug-likeness (QED) is 0.187. The van der Waals surface area contributed by atoms with Crippen LogP contribution in [0.3, 0.4) is 0 Å². The van der Waals surface area contributed by atoms with E-state index >= 15 is 0 Å². The van der Waals surface area contributed by atoms with E-state index in [0.717, 1.165) is 77.1 Å². The fourth-order valence-electron chi connectivity index (χ4n) is 7.61. The van der Waals surface area contributed by atoms with Crippen LogP contribution in [-0.4, -0.2) is 15.0 Å². The van der Waals surface area contributed by atoms with Crippen molar-refractivity contribution in [2.75, 3.05) is 0 Å². The molecule has 0 saturated heterocycles. The van der Waals surface area contributed by atoms with Crippen LogP contribution in [-0.2, 0) is 0 Å². The fourth-order valence-corrected chi connectivity index (χ4v) is 7.61. The molecule has 5 nitrogen and oxygen atoms in total. The van der Waals surface area contributed by atoms with Gasteiger partial charge in [0.1, 0.15) is 22.3 Å². The molecule has 0 aliphatic heterocycles. The van der Waals surface area contributed by atoms with E-state index in [1.807, 2.05) is 60.7 Å². The zero-order chi connectivity index (χ0) is 34.2. The minimum Gasteiger partial charge on any atom is -0.456 e. The summed E-state index contributed by atoms with van der Waals surface area (Å²) in [7, 11) is 0. The lowest BCUT2D eigenvalue weighted by Crippen LogP contribution is -2.00. The van der Waals surface area contributed by atoms with Gasteiger partial charge in [-0.25, -0.2) is 15.0 Å². The highest BCUT2D eigenvalue weighted by Crippen LogP contribution is 2.42. The number of hydrogen-bond donors (Lipinski definition) is 0. The highest BCUT2D eigenvalue weighted by molar-refractivity contribution is 6.17. The van der Waals surface area contributed by atoms with Gasteiger partial charge in [-0.2, -0.15) is 0 Å². The number of rotatable bonds is 4. The van der Waals surface area contributed by atoms with E-state index in [1.165, 1.54) is 16.2 Å². The minimum atomic E-state index is 0.559. The molecule has 8 aromatic carbocycles. The molecular weight excluding hydrogens is 639 g/mol. The maximum absolute atomic E-state index is 6.71. The first-order chi connectivity index (χ1) is 25.7. The maximum Gasteiger partial charge on any atom is 0.164 e. The molecule has 0 aliphatic carbocycles. The Bertz CT molecular complexity index is 3190. The van der Waals surface area contributed by atoms with E-state index in [-0.39, 0.29) is 0 Å². The van der Waals surface area contributed by atoms with Crippen LogP contribution in [0.15, 0.2) is 173 Å². The van der Waals surface area contributed by atoms with Crippen LogP contribution in [0, 0.1) is 0 Å². The van der Waals surface area contributed by atoms with Crippen LogP contribution in [0.25, 0.3) is 111 Å². The largest absolute Gasteiger partial charge is 0.456 e. The molecule has 3 aromatic heterocycles. The SMILES string of the molecule is c1ccc(-c2nc(-c3cc(-c4ccc5ccccc5c4)c4c(c3)oc3cc5ccccc5cc34)nc(-c3cccc4oc5ccccc5c34)n2)cc1. The summed E-state index contributed by atoms with van der Waals surface area (Å²) in [6.45, 7) is 0. The molecule has 11 aromatic rings. The van der Waals surface area contributed by atoms with Crippen molar-refractivity contribution in [2.24, 2.45) is 0 Å². The highest BCUT2D eigenvalue weighted by Gasteiger charge is 2.21. The van der Waals surface area contributed by atoms with Crippen molar-refractivity contribution in [2.45, 2.75) is 0 Å². The van der Waals surface area contributed by atoms with Gasteiger partial charge in [-0.15, -0.1) is 0 Å². The molecule has 0 aliphatic rings. The van der Waals surface area contributed by atoms with E-state index in [1.54, 1.807) is 0 Å². The highest BCUT2D eigenvalue weighted by atomic mass is 16.3. The Morgan fingerprint density at radius 3 is 1.79 bits per heavy atom. The summed E-state index contributed by atoms with van der Waals surface area (Å²) in [5.41, 5.74) is 8.00. The zero-order valence-corrected chi connectivity index (χ0v) is 27.7. The summed E-state index contributed by atoms with van der Waals surface area (Å²) in [5, 5.41) is 8.80. The van der Waals surface area contributed by atoms with E-state index in [0.29, 0.717) is 17.5 Å². The predicted molar refractivity (Wildman–Crippen MR) is 211 cm³/mol. The van der Waals surface area contributed by atoms with Crippen molar-refractivity contribution in [3.63, 3.8) is 0 Å². The number of furan rings is 2. The van der Waals surface area contributed by atoms with Gasteiger partial charge in [-0.05, 0) is 75.1 Å². The second kappa shape index (κ2) is 11.2. The molecule has 0 atom stereocenters. The molecule has 11 rings (SSSR count). The molecule has 5 heteroatoms. The molecule has 242 valence electrons. The number of nitrogens with zero attached hydrogens (tertiary/aromatic N) is 3. The zero-order valence-electron chi connectivity index (χ0n) is 27.7. The molecule has 0 bridgehead atoms. The second-order valence-corrected chi connectivity index (χ2v) is 13.2. The van der Waals surface area contributed by atoms with Gasteiger partial charge < -0.3 is 8.83 Å². The lowest BCUT2D eigenvalue weighted by atomic mass is 9.94. The van der Waals surface area contributed by atoms with Crippen LogP contribution in [0.1, 0.15) is 0 Å². The molecule has 0 saturated carbocycles. The molecule has 52 heavy (non-hydrogen) atoms. The van der Waals surface area contributed by atoms with E-state index in [9.17, 15) is 0 Å². The van der Waals surface area contributed by atoms with E-state index < -0.39 is 0 Å². The molecule has 0 spiro atoms. The average Bonchev–Trinajstić information content (AvgIpc) is 3.77. The first-order valence-electron chi connectivity index (χ1n) is 17.3. The molecule has 0 unspecified atom stereocenters. The number of para-hydroxylation sites is 1. The summed E-state index contributed by atoms with van der Waals surface area (Å²) in [5.74, 6) is 1.72. The van der Waals surface area contributed by atoms with Gasteiger partial charge >= 0.3 is 0 Å². The van der Waals surface area contributed by atoms with Crippen molar-refractivity contribution < 1.29 is 8.83 Å². The Kier molecular flexibility index (Phi) is 6.18. The Morgan fingerprint density at radius 1 is 0.308 bits per heavy atom. The third-order valence-corrected chi connectivity index (χ3v) is 10.1. The summed E-state index contributed by atoms with van der Waals surface area (Å²) >= 11 is 0. The minimum absolute atomic E-state index is 0.559. The topological polar surface area (TPSA) is 65.0 Å². The molecule has 0 fully saturated rings. The third-order valence-electron chi connectivity index (χ3n) is 10.1. The third kappa shape index (κ3) is 4.53. The lowest BCUT2D eigenvalue weighted by molar-refractivity contribution is 0.669. The Labute approximate surface area is 297 Å². The molecular formula is C47H27N3O2. The van der Waals surface area contributed by atoms with Crippen LogP contribution in [0.4, 0.5) is 0 Å². The smallest absolute Gasteiger partial charge is 0.164 e. The van der Waals surface area contributed by atoms with Gasteiger partial charge in [-0.3, -0.25) is 0 Å². The summed E-state index contributed by atoms with van der Waals surface area (Å²) < 4.78 is 13.0. The lowest BCUT2D eigenvalue weighted by Gasteiger charge is -2.12. The van der Waals surface area contributed by atoms with Crippen LogP contribution >= 0.6 is 0 Å². The van der Waals surface area contributed by atoms with Crippen LogP contribution in [0.5, 0.6) is 0 Å². The molecule has 0 amide bonds. The Morgan fingerprint density at radius 2 is 0.942 bits per heavy atom. The summed E-state index contributed by atoms with van der Waals surface area (Å²) in [6, 6.07) is 56.4. The summed E-state index contributed by atoms with van der Waals surface area (Å²) in [4.78, 5) is 15.4. The Hall–Kier alpha value is -7.11. The standard InChI is InChI=1S/C47H27N3O2/c1-2-12-29(13-3-1)45-48-46(50-47(49-45)36-18-10-20-40-43(36)35-17-8-9-19-39(35)51-40)34-25-37(33-22-21-28-11-4-5-14-30(28)23-33)44-38-24-31-15-6-7-16-32(31)26-41(38)52-42(44)27-34/h1-27H. The normalized spacial score (nSPS) is 11.8.